The third-order valence-electron chi connectivity index (χ3n) is 3.68. The van der Waals surface area contributed by atoms with E-state index >= 15 is 0 Å². The van der Waals surface area contributed by atoms with E-state index < -0.39 is 16.5 Å². The van der Waals surface area contributed by atoms with Gasteiger partial charge in [-0.2, -0.15) is 0 Å². The summed E-state index contributed by atoms with van der Waals surface area (Å²) in [6.45, 7) is 11.1. The van der Waals surface area contributed by atoms with Crippen LogP contribution in [-0.2, 0) is 0 Å². The molecule has 0 unspecified atom stereocenters. The second-order valence-electron chi connectivity index (χ2n) is 5.12. The van der Waals surface area contributed by atoms with Crippen LogP contribution in [0.25, 0.3) is 0 Å². The number of rotatable bonds is 6. The summed E-state index contributed by atoms with van der Waals surface area (Å²) in [5.41, 5.74) is 0. The molecule has 0 amide bonds. The van der Waals surface area contributed by atoms with Gasteiger partial charge in [-0.3, -0.25) is 0 Å². The van der Waals surface area contributed by atoms with Crippen molar-refractivity contribution in [3.8, 4) is 0 Å². The maximum absolute atomic E-state index is 2.84. The molecular formula is C12H28GaN3. The molecular weight excluding hydrogens is 256 g/mol. The summed E-state index contributed by atoms with van der Waals surface area (Å²) in [6, 6.07) is 0. The molecule has 0 aromatic carbocycles. The van der Waals surface area contributed by atoms with E-state index in [4.69, 9.17) is 0 Å². The number of nitrogens with zero attached hydrogens (tertiary/aromatic N) is 3. The molecule has 1 aliphatic heterocycles. The normalized spacial score (nSPS) is 19.7. The van der Waals surface area contributed by atoms with Gasteiger partial charge in [0.15, 0.2) is 0 Å². The van der Waals surface area contributed by atoms with Gasteiger partial charge >= 0.3 is 107 Å². The van der Waals surface area contributed by atoms with Gasteiger partial charge in [-0.25, -0.2) is 0 Å². The average Bonchev–Trinajstić information content (AvgIpc) is 2.28. The van der Waals surface area contributed by atoms with Crippen molar-refractivity contribution in [1.29, 1.82) is 0 Å². The SMILES string of the molecule is CCN1CC[N](CC)[Ga]([CH2]CCN(C)C)[CH2]1. The van der Waals surface area contributed by atoms with Gasteiger partial charge in [-0.15, -0.1) is 0 Å². The Labute approximate surface area is 107 Å². The minimum atomic E-state index is -1.14. The Morgan fingerprint density at radius 3 is 2.44 bits per heavy atom. The van der Waals surface area contributed by atoms with Crippen LogP contribution in [0.4, 0.5) is 0 Å². The van der Waals surface area contributed by atoms with E-state index in [1.807, 2.05) is 0 Å². The molecule has 1 heterocycles. The fraction of sp³-hybridized carbons (Fsp3) is 1.00. The van der Waals surface area contributed by atoms with Crippen LogP contribution in [0, 0.1) is 0 Å². The Balaban J connectivity index is 2.33. The number of hydrogen-bond donors (Lipinski definition) is 0. The molecule has 0 N–H and O–H groups in total. The van der Waals surface area contributed by atoms with Crippen molar-refractivity contribution >= 4 is 16.5 Å². The summed E-state index contributed by atoms with van der Waals surface area (Å²) < 4.78 is 2.84. The van der Waals surface area contributed by atoms with Crippen LogP contribution in [0.5, 0.6) is 0 Å². The summed E-state index contributed by atoms with van der Waals surface area (Å²) in [7, 11) is 4.37. The molecule has 1 aliphatic rings. The molecule has 3 nitrogen and oxygen atoms in total. The topological polar surface area (TPSA) is 9.72 Å². The van der Waals surface area contributed by atoms with Gasteiger partial charge in [0.05, 0.1) is 0 Å². The average molecular weight is 284 g/mol. The Morgan fingerprint density at radius 2 is 1.88 bits per heavy atom. The van der Waals surface area contributed by atoms with Crippen molar-refractivity contribution in [2.45, 2.75) is 25.2 Å². The predicted octanol–water partition coefficient (Wildman–Crippen LogP) is 1.13. The molecule has 0 saturated carbocycles. The summed E-state index contributed by atoms with van der Waals surface area (Å²) in [6.07, 6.45) is 1.41. The molecule has 0 radical (unpaired) electrons. The van der Waals surface area contributed by atoms with E-state index in [1.165, 1.54) is 49.2 Å². The van der Waals surface area contributed by atoms with Crippen molar-refractivity contribution in [3.63, 3.8) is 0 Å². The molecule has 0 aromatic rings. The molecule has 1 rings (SSSR count). The first-order chi connectivity index (χ1) is 7.67. The van der Waals surface area contributed by atoms with Crippen molar-refractivity contribution in [2.24, 2.45) is 0 Å². The van der Waals surface area contributed by atoms with Gasteiger partial charge in [-0.05, 0) is 0 Å². The Kier molecular flexibility index (Phi) is 7.08. The van der Waals surface area contributed by atoms with E-state index in [1.54, 1.807) is 0 Å². The van der Waals surface area contributed by atoms with E-state index in [0.29, 0.717) is 0 Å². The van der Waals surface area contributed by atoms with Crippen LogP contribution >= 0.6 is 0 Å². The summed E-state index contributed by atoms with van der Waals surface area (Å²) in [5, 5.41) is 1.46. The van der Waals surface area contributed by atoms with Crippen LogP contribution in [0.15, 0.2) is 0 Å². The van der Waals surface area contributed by atoms with Gasteiger partial charge in [0.1, 0.15) is 0 Å². The third-order valence-corrected chi connectivity index (χ3v) is 11.4. The van der Waals surface area contributed by atoms with Gasteiger partial charge in [0.2, 0.25) is 0 Å². The van der Waals surface area contributed by atoms with Gasteiger partial charge in [0.25, 0.3) is 0 Å². The molecule has 1 fully saturated rings. The first-order valence-corrected chi connectivity index (χ1v) is 11.3. The standard InChI is InChI=1S/C7H16N2.C5H12N.Ga/c1-4-8-6-7-9(3)5-2;1-4-5-6(2)3;/h3-7H2,1-2H3;1,4-5H2,2-3H3;/q-1;;+1. The Hall–Kier alpha value is 0.516. The second-order valence-corrected chi connectivity index (χ2v) is 11.4. The van der Waals surface area contributed by atoms with Crippen molar-refractivity contribution in [3.05, 3.63) is 0 Å². The van der Waals surface area contributed by atoms with Crippen molar-refractivity contribution in [2.75, 3.05) is 51.9 Å². The second kappa shape index (κ2) is 7.77. The molecule has 0 aromatic heterocycles. The molecule has 0 spiro atoms. The molecule has 0 atom stereocenters. The van der Waals surface area contributed by atoms with Crippen LogP contribution in [0.1, 0.15) is 20.3 Å². The van der Waals surface area contributed by atoms with E-state index in [9.17, 15) is 0 Å². The van der Waals surface area contributed by atoms with E-state index in [-0.39, 0.29) is 0 Å². The van der Waals surface area contributed by atoms with Crippen molar-refractivity contribution in [1.82, 2.24) is 13.4 Å². The number of likely N-dealkylation sites (N-methyl/N-ethyl adjacent to an activating group) is 2. The first kappa shape index (κ1) is 14.6. The van der Waals surface area contributed by atoms with Crippen LogP contribution in [0.3, 0.4) is 0 Å². The zero-order valence-electron chi connectivity index (χ0n) is 11.6. The van der Waals surface area contributed by atoms with Crippen LogP contribution in [-0.4, -0.2) is 81.8 Å². The van der Waals surface area contributed by atoms with E-state index in [0.717, 1.165) is 0 Å². The Bertz CT molecular complexity index is 187. The van der Waals surface area contributed by atoms with E-state index in [2.05, 4.69) is 41.3 Å². The molecule has 94 valence electrons. The van der Waals surface area contributed by atoms with Crippen LogP contribution in [0.2, 0.25) is 4.98 Å². The molecule has 4 heteroatoms. The first-order valence-electron chi connectivity index (χ1n) is 6.78. The molecule has 0 aliphatic carbocycles. The predicted molar refractivity (Wildman–Crippen MR) is 73.1 cm³/mol. The summed E-state index contributed by atoms with van der Waals surface area (Å²) >= 11 is -1.14. The molecule has 16 heavy (non-hydrogen) atoms. The maximum atomic E-state index is 2.84. The van der Waals surface area contributed by atoms with Crippen molar-refractivity contribution < 1.29 is 0 Å². The molecule has 1 saturated heterocycles. The van der Waals surface area contributed by atoms with Gasteiger partial charge in [-0.1, -0.05) is 0 Å². The fourth-order valence-electron chi connectivity index (χ4n) is 2.58. The third kappa shape index (κ3) is 4.80. The zero-order valence-corrected chi connectivity index (χ0v) is 14.0. The summed E-state index contributed by atoms with van der Waals surface area (Å²) in [5.74, 6) is 0. The quantitative estimate of drug-likeness (QED) is 0.677. The number of hydrogen-bond acceptors (Lipinski definition) is 3. The van der Waals surface area contributed by atoms with Crippen LogP contribution < -0.4 is 0 Å². The van der Waals surface area contributed by atoms with Gasteiger partial charge < -0.3 is 0 Å². The molecule has 0 bridgehead atoms. The summed E-state index contributed by atoms with van der Waals surface area (Å²) in [4.78, 5) is 6.53. The van der Waals surface area contributed by atoms with Gasteiger partial charge in [0, 0.05) is 0 Å². The fourth-order valence-corrected chi connectivity index (χ4v) is 9.85. The Morgan fingerprint density at radius 1 is 1.12 bits per heavy atom. The minimum absolute atomic E-state index is 1.14. The zero-order chi connectivity index (χ0) is 12.0. The monoisotopic (exact) mass is 283 g/mol.